The minimum Gasteiger partial charge on any atom is -0.294 e. The van der Waals surface area contributed by atoms with Crippen molar-refractivity contribution in [1.29, 1.82) is 0 Å². The van der Waals surface area contributed by atoms with Crippen molar-refractivity contribution in [2.75, 3.05) is 7.05 Å². The van der Waals surface area contributed by atoms with E-state index in [9.17, 15) is 4.79 Å². The molecule has 1 aromatic carbocycles. The van der Waals surface area contributed by atoms with Crippen molar-refractivity contribution in [3.63, 3.8) is 0 Å². The van der Waals surface area contributed by atoms with Crippen LogP contribution in [0.3, 0.4) is 0 Å². The van der Waals surface area contributed by atoms with Crippen LogP contribution in [0.15, 0.2) is 34.6 Å². The number of hydrogen-bond donors (Lipinski definition) is 1. The second-order valence-corrected chi connectivity index (χ2v) is 4.91. The molecule has 0 saturated heterocycles. The highest BCUT2D eigenvalue weighted by Crippen LogP contribution is 2.20. The van der Waals surface area contributed by atoms with Gasteiger partial charge in [-0.25, -0.2) is 0 Å². The molecule has 0 aliphatic carbocycles. The topological polar surface area (TPSA) is 53.8 Å². The highest BCUT2D eigenvalue weighted by Gasteiger charge is 2.22. The summed E-state index contributed by atoms with van der Waals surface area (Å²) in [5.41, 5.74) is 4.29. The molecule has 92 valence electrons. The highest BCUT2D eigenvalue weighted by atomic mass is 16.1. The molecule has 0 aliphatic rings. The molecule has 0 fully saturated rings. The first kappa shape index (κ1) is 13.4. The summed E-state index contributed by atoms with van der Waals surface area (Å²) in [5.74, 6) is 0.158. The Balaban J connectivity index is 2.71. The second-order valence-electron chi connectivity index (χ2n) is 4.91. The fourth-order valence-corrected chi connectivity index (χ4v) is 1.40. The van der Waals surface area contributed by atoms with E-state index >= 15 is 0 Å². The summed E-state index contributed by atoms with van der Waals surface area (Å²) in [6, 6.07) is 7.57. The highest BCUT2D eigenvalue weighted by molar-refractivity contribution is 5.99. The van der Waals surface area contributed by atoms with Crippen LogP contribution in [0.25, 0.3) is 0 Å². The molecule has 0 aromatic heterocycles. The Labute approximate surface area is 102 Å². The lowest BCUT2D eigenvalue weighted by atomic mass is 9.86. The second kappa shape index (κ2) is 5.57. The van der Waals surface area contributed by atoms with Crippen molar-refractivity contribution in [3.8, 4) is 0 Å². The molecule has 0 unspecified atom stereocenters. The number of Topliss-reactive ketones (excluding diaryl/α,β-unsaturated/α-hetero) is 1. The first-order valence-electron chi connectivity index (χ1n) is 5.60. The Bertz CT molecular complexity index is 402. The molecule has 4 heteroatoms. The van der Waals surface area contributed by atoms with Crippen LogP contribution in [0.1, 0.15) is 36.7 Å². The SMILES string of the molecule is CN=NNCc1ccc(C(=O)C(C)(C)C)cc1. The van der Waals surface area contributed by atoms with E-state index < -0.39 is 0 Å². The van der Waals surface area contributed by atoms with Crippen LogP contribution in [-0.4, -0.2) is 12.8 Å². The first-order valence-corrected chi connectivity index (χ1v) is 5.60. The van der Waals surface area contributed by atoms with Gasteiger partial charge in [0.1, 0.15) is 0 Å². The average molecular weight is 233 g/mol. The largest absolute Gasteiger partial charge is 0.294 e. The maximum atomic E-state index is 12.0. The van der Waals surface area contributed by atoms with E-state index in [4.69, 9.17) is 0 Å². The van der Waals surface area contributed by atoms with E-state index in [-0.39, 0.29) is 11.2 Å². The zero-order valence-electron chi connectivity index (χ0n) is 10.8. The summed E-state index contributed by atoms with van der Waals surface area (Å²) in [6.07, 6.45) is 0. The van der Waals surface area contributed by atoms with Gasteiger partial charge in [-0.3, -0.25) is 10.2 Å². The predicted octanol–water partition coefficient (Wildman–Crippen LogP) is 3.00. The van der Waals surface area contributed by atoms with E-state index in [0.29, 0.717) is 6.54 Å². The van der Waals surface area contributed by atoms with Crippen LogP contribution >= 0.6 is 0 Å². The Morgan fingerprint density at radius 2 is 1.82 bits per heavy atom. The number of benzene rings is 1. The monoisotopic (exact) mass is 233 g/mol. The fraction of sp³-hybridized carbons (Fsp3) is 0.462. The van der Waals surface area contributed by atoms with E-state index in [1.165, 1.54) is 0 Å². The van der Waals surface area contributed by atoms with Crippen LogP contribution < -0.4 is 5.43 Å². The van der Waals surface area contributed by atoms with Gasteiger partial charge in [-0.05, 0) is 5.56 Å². The van der Waals surface area contributed by atoms with Gasteiger partial charge in [-0.1, -0.05) is 50.3 Å². The maximum Gasteiger partial charge on any atom is 0.168 e. The fourth-order valence-electron chi connectivity index (χ4n) is 1.40. The molecule has 1 aromatic rings. The average Bonchev–Trinajstić information content (AvgIpc) is 2.28. The Morgan fingerprint density at radius 3 is 2.29 bits per heavy atom. The third-order valence-electron chi connectivity index (χ3n) is 2.35. The molecule has 17 heavy (non-hydrogen) atoms. The Hall–Kier alpha value is -1.71. The van der Waals surface area contributed by atoms with Gasteiger partial charge in [0, 0.05) is 11.0 Å². The van der Waals surface area contributed by atoms with E-state index in [1.807, 2.05) is 45.0 Å². The van der Waals surface area contributed by atoms with Gasteiger partial charge in [-0.15, -0.1) is 0 Å². The van der Waals surface area contributed by atoms with Crippen molar-refractivity contribution < 1.29 is 4.79 Å². The molecule has 0 aliphatic heterocycles. The number of nitrogens with zero attached hydrogens (tertiary/aromatic N) is 2. The number of hydrogen-bond acceptors (Lipinski definition) is 3. The number of nitrogens with one attached hydrogen (secondary N) is 1. The maximum absolute atomic E-state index is 12.0. The summed E-state index contributed by atoms with van der Waals surface area (Å²) in [7, 11) is 1.61. The molecule has 0 saturated carbocycles. The Morgan fingerprint density at radius 1 is 1.24 bits per heavy atom. The van der Waals surface area contributed by atoms with Crippen LogP contribution in [0.5, 0.6) is 0 Å². The molecule has 1 N–H and O–H groups in total. The Kier molecular flexibility index (Phi) is 4.37. The van der Waals surface area contributed by atoms with Crippen LogP contribution in [0, 0.1) is 5.41 Å². The van der Waals surface area contributed by atoms with E-state index in [0.717, 1.165) is 11.1 Å². The lowest BCUT2D eigenvalue weighted by Gasteiger charge is -2.16. The molecule has 0 spiro atoms. The molecule has 0 bridgehead atoms. The van der Waals surface area contributed by atoms with E-state index in [1.54, 1.807) is 7.05 Å². The minimum atomic E-state index is -0.337. The predicted molar refractivity (Wildman–Crippen MR) is 67.8 cm³/mol. The lowest BCUT2D eigenvalue weighted by molar-refractivity contribution is 0.0858. The zero-order chi connectivity index (χ0) is 12.9. The van der Waals surface area contributed by atoms with Crippen molar-refractivity contribution in [2.24, 2.45) is 15.8 Å². The van der Waals surface area contributed by atoms with Gasteiger partial charge in [-0.2, -0.15) is 5.11 Å². The summed E-state index contributed by atoms with van der Waals surface area (Å²) >= 11 is 0. The summed E-state index contributed by atoms with van der Waals surface area (Å²) in [6.45, 7) is 6.38. The zero-order valence-corrected chi connectivity index (χ0v) is 10.8. The summed E-state index contributed by atoms with van der Waals surface area (Å²) in [4.78, 5) is 12.0. The van der Waals surface area contributed by atoms with Crippen molar-refractivity contribution in [1.82, 2.24) is 5.43 Å². The first-order chi connectivity index (χ1) is 7.95. The molecule has 0 atom stereocenters. The lowest BCUT2D eigenvalue weighted by Crippen LogP contribution is -2.20. The molecular weight excluding hydrogens is 214 g/mol. The van der Waals surface area contributed by atoms with Gasteiger partial charge >= 0.3 is 0 Å². The van der Waals surface area contributed by atoms with Gasteiger partial charge in [0.2, 0.25) is 0 Å². The molecular formula is C13H19N3O. The number of ketones is 1. The van der Waals surface area contributed by atoms with E-state index in [2.05, 4.69) is 15.8 Å². The number of carbonyl (C=O) groups excluding carboxylic acids is 1. The van der Waals surface area contributed by atoms with Crippen molar-refractivity contribution in [2.45, 2.75) is 27.3 Å². The standard InChI is InChI=1S/C13H19N3O/c1-13(2,3)12(17)11-7-5-10(6-8-11)9-15-16-14-4/h5-8H,9H2,1-4H3,(H,14,15). The van der Waals surface area contributed by atoms with Crippen LogP contribution in [0.2, 0.25) is 0 Å². The normalized spacial score (nSPS) is 11.8. The van der Waals surface area contributed by atoms with Gasteiger partial charge in [0.05, 0.1) is 13.6 Å². The number of carbonyl (C=O) groups is 1. The number of rotatable bonds is 4. The van der Waals surface area contributed by atoms with Gasteiger partial charge < -0.3 is 0 Å². The minimum absolute atomic E-state index is 0.158. The molecule has 0 heterocycles. The van der Waals surface area contributed by atoms with Gasteiger partial charge in [0.15, 0.2) is 5.78 Å². The van der Waals surface area contributed by atoms with Crippen molar-refractivity contribution >= 4 is 5.78 Å². The molecule has 1 rings (SSSR count). The molecule has 0 radical (unpaired) electrons. The molecule has 4 nitrogen and oxygen atoms in total. The third kappa shape index (κ3) is 3.98. The van der Waals surface area contributed by atoms with Gasteiger partial charge in [0.25, 0.3) is 0 Å². The molecule has 0 amide bonds. The van der Waals surface area contributed by atoms with Crippen molar-refractivity contribution in [3.05, 3.63) is 35.4 Å². The third-order valence-corrected chi connectivity index (χ3v) is 2.35. The summed E-state index contributed by atoms with van der Waals surface area (Å²) < 4.78 is 0. The summed E-state index contributed by atoms with van der Waals surface area (Å²) in [5, 5.41) is 7.26. The smallest absolute Gasteiger partial charge is 0.168 e. The quantitative estimate of drug-likeness (QED) is 0.494. The van der Waals surface area contributed by atoms with Crippen LogP contribution in [0.4, 0.5) is 0 Å². The van der Waals surface area contributed by atoms with Crippen LogP contribution in [-0.2, 0) is 6.54 Å².